The van der Waals surface area contributed by atoms with Crippen LogP contribution < -0.4 is 0 Å². The van der Waals surface area contributed by atoms with Gasteiger partial charge in [-0.05, 0) is 12.8 Å². The summed E-state index contributed by atoms with van der Waals surface area (Å²) in [5.74, 6) is 1.53. The van der Waals surface area contributed by atoms with Crippen molar-refractivity contribution in [3.63, 3.8) is 0 Å². The molecular formula is C11H23NOS. The van der Waals surface area contributed by atoms with E-state index < -0.39 is 5.60 Å². The van der Waals surface area contributed by atoms with Gasteiger partial charge in [0.25, 0.3) is 0 Å². The predicted octanol–water partition coefficient (Wildman–Crippen LogP) is 1.83. The maximum absolute atomic E-state index is 10.2. The van der Waals surface area contributed by atoms with Crippen LogP contribution >= 0.6 is 11.8 Å². The Labute approximate surface area is 92.1 Å². The van der Waals surface area contributed by atoms with Gasteiger partial charge in [-0.2, -0.15) is 11.8 Å². The topological polar surface area (TPSA) is 23.5 Å². The quantitative estimate of drug-likeness (QED) is 0.780. The van der Waals surface area contributed by atoms with E-state index in [4.69, 9.17) is 0 Å². The predicted molar refractivity (Wildman–Crippen MR) is 63.8 cm³/mol. The van der Waals surface area contributed by atoms with Crippen LogP contribution in [-0.4, -0.2) is 46.2 Å². The first kappa shape index (κ1) is 12.3. The standard InChI is InChI=1S/C11H23NOS/c1-9(2)11(4,13)8-12-5-6-14-10(3)7-12/h9-10,13H,5-8H2,1-4H3. The summed E-state index contributed by atoms with van der Waals surface area (Å²) in [6.07, 6.45) is 0. The molecule has 0 spiro atoms. The molecule has 0 radical (unpaired) electrons. The second kappa shape index (κ2) is 4.86. The zero-order valence-corrected chi connectivity index (χ0v) is 10.6. The molecule has 0 amide bonds. The van der Waals surface area contributed by atoms with Crippen LogP contribution in [0.25, 0.3) is 0 Å². The Kier molecular flexibility index (Phi) is 4.29. The zero-order chi connectivity index (χ0) is 10.8. The summed E-state index contributed by atoms with van der Waals surface area (Å²) in [5.41, 5.74) is -0.540. The highest BCUT2D eigenvalue weighted by Gasteiger charge is 2.29. The molecule has 1 rings (SSSR count). The van der Waals surface area contributed by atoms with Crippen molar-refractivity contribution in [1.29, 1.82) is 0 Å². The molecule has 2 atom stereocenters. The van der Waals surface area contributed by atoms with Gasteiger partial charge < -0.3 is 5.11 Å². The molecule has 1 saturated heterocycles. The Bertz CT molecular complexity index is 182. The van der Waals surface area contributed by atoms with Gasteiger partial charge in [-0.15, -0.1) is 0 Å². The summed E-state index contributed by atoms with van der Waals surface area (Å²) in [7, 11) is 0. The second-order valence-electron chi connectivity index (χ2n) is 4.93. The number of β-amino-alcohol motifs (C(OH)–C–C–N with tert-alkyl or cyclic N) is 1. The first-order chi connectivity index (χ1) is 6.42. The average molecular weight is 217 g/mol. The average Bonchev–Trinajstić information content (AvgIpc) is 2.02. The van der Waals surface area contributed by atoms with Crippen molar-refractivity contribution in [3.8, 4) is 0 Å². The van der Waals surface area contributed by atoms with E-state index in [1.807, 2.05) is 18.7 Å². The minimum Gasteiger partial charge on any atom is -0.389 e. The molecule has 14 heavy (non-hydrogen) atoms. The molecule has 1 N–H and O–H groups in total. The fourth-order valence-corrected chi connectivity index (χ4v) is 2.75. The van der Waals surface area contributed by atoms with Crippen LogP contribution in [0.5, 0.6) is 0 Å². The van der Waals surface area contributed by atoms with E-state index in [9.17, 15) is 5.11 Å². The molecule has 0 aromatic heterocycles. The number of hydrogen-bond donors (Lipinski definition) is 1. The molecule has 2 nitrogen and oxygen atoms in total. The summed E-state index contributed by atoms with van der Waals surface area (Å²) >= 11 is 2.03. The van der Waals surface area contributed by atoms with Crippen molar-refractivity contribution in [2.75, 3.05) is 25.4 Å². The molecule has 1 aliphatic heterocycles. The maximum atomic E-state index is 10.2. The van der Waals surface area contributed by atoms with Gasteiger partial charge in [0.15, 0.2) is 0 Å². The lowest BCUT2D eigenvalue weighted by Gasteiger charge is -2.37. The molecule has 0 aromatic rings. The Morgan fingerprint density at radius 2 is 2.21 bits per heavy atom. The number of thioether (sulfide) groups is 1. The normalized spacial score (nSPS) is 29.1. The van der Waals surface area contributed by atoms with Gasteiger partial charge in [0.2, 0.25) is 0 Å². The van der Waals surface area contributed by atoms with Gasteiger partial charge in [0, 0.05) is 30.6 Å². The molecule has 1 aliphatic rings. The van der Waals surface area contributed by atoms with E-state index in [0.29, 0.717) is 11.2 Å². The second-order valence-corrected chi connectivity index (χ2v) is 6.47. The highest BCUT2D eigenvalue weighted by molar-refractivity contribution is 7.99. The first-order valence-corrected chi connectivity index (χ1v) is 6.53. The van der Waals surface area contributed by atoms with Crippen LogP contribution in [0, 0.1) is 5.92 Å². The lowest BCUT2D eigenvalue weighted by Crippen LogP contribution is -2.48. The first-order valence-electron chi connectivity index (χ1n) is 5.48. The van der Waals surface area contributed by atoms with Gasteiger partial charge in [-0.25, -0.2) is 0 Å². The highest BCUT2D eigenvalue weighted by atomic mass is 32.2. The van der Waals surface area contributed by atoms with Gasteiger partial charge in [0.1, 0.15) is 0 Å². The minimum absolute atomic E-state index is 0.326. The van der Waals surface area contributed by atoms with Crippen molar-refractivity contribution >= 4 is 11.8 Å². The van der Waals surface area contributed by atoms with Crippen LogP contribution in [0.1, 0.15) is 27.7 Å². The molecule has 1 fully saturated rings. The number of hydrogen-bond acceptors (Lipinski definition) is 3. The van der Waals surface area contributed by atoms with Crippen molar-refractivity contribution in [2.45, 2.75) is 38.5 Å². The van der Waals surface area contributed by atoms with E-state index in [1.165, 1.54) is 5.75 Å². The van der Waals surface area contributed by atoms with Crippen LogP contribution in [0.4, 0.5) is 0 Å². The number of nitrogens with zero attached hydrogens (tertiary/aromatic N) is 1. The van der Waals surface area contributed by atoms with E-state index >= 15 is 0 Å². The molecule has 0 aromatic carbocycles. The molecule has 0 saturated carbocycles. The maximum Gasteiger partial charge on any atom is 0.0768 e. The fourth-order valence-electron chi connectivity index (χ4n) is 1.67. The van der Waals surface area contributed by atoms with Gasteiger partial charge >= 0.3 is 0 Å². The molecule has 0 aliphatic carbocycles. The Morgan fingerprint density at radius 1 is 1.57 bits per heavy atom. The third-order valence-electron chi connectivity index (χ3n) is 3.11. The van der Waals surface area contributed by atoms with E-state index in [-0.39, 0.29) is 0 Å². The van der Waals surface area contributed by atoms with E-state index in [1.54, 1.807) is 0 Å². The van der Waals surface area contributed by atoms with Crippen LogP contribution in [0.3, 0.4) is 0 Å². The minimum atomic E-state index is -0.540. The van der Waals surface area contributed by atoms with Gasteiger partial charge in [-0.3, -0.25) is 4.90 Å². The third kappa shape index (κ3) is 3.44. The molecule has 3 heteroatoms. The SMILES string of the molecule is CC1CN(CC(C)(O)C(C)C)CCS1. The van der Waals surface area contributed by atoms with Crippen molar-refractivity contribution < 1.29 is 5.11 Å². The van der Waals surface area contributed by atoms with Crippen LogP contribution in [0.2, 0.25) is 0 Å². The van der Waals surface area contributed by atoms with Crippen molar-refractivity contribution in [3.05, 3.63) is 0 Å². The monoisotopic (exact) mass is 217 g/mol. The molecular weight excluding hydrogens is 194 g/mol. The largest absolute Gasteiger partial charge is 0.389 e. The zero-order valence-electron chi connectivity index (χ0n) is 9.79. The van der Waals surface area contributed by atoms with Crippen molar-refractivity contribution in [1.82, 2.24) is 4.90 Å². The van der Waals surface area contributed by atoms with Crippen LogP contribution in [-0.2, 0) is 0 Å². The summed E-state index contributed by atoms with van der Waals surface area (Å²) in [6, 6.07) is 0. The lowest BCUT2D eigenvalue weighted by atomic mass is 9.92. The Hall–Kier alpha value is 0.270. The van der Waals surface area contributed by atoms with E-state index in [0.717, 1.165) is 19.6 Å². The molecule has 0 bridgehead atoms. The van der Waals surface area contributed by atoms with Crippen LogP contribution in [0.15, 0.2) is 0 Å². The summed E-state index contributed by atoms with van der Waals surface area (Å²) in [6.45, 7) is 11.4. The summed E-state index contributed by atoms with van der Waals surface area (Å²) in [4.78, 5) is 2.39. The van der Waals surface area contributed by atoms with Gasteiger partial charge in [0.05, 0.1) is 5.60 Å². The number of aliphatic hydroxyl groups is 1. The smallest absolute Gasteiger partial charge is 0.0768 e. The third-order valence-corrected chi connectivity index (χ3v) is 4.25. The summed E-state index contributed by atoms with van der Waals surface area (Å²) in [5, 5.41) is 10.9. The van der Waals surface area contributed by atoms with E-state index in [2.05, 4.69) is 25.7 Å². The number of rotatable bonds is 3. The molecule has 1 heterocycles. The van der Waals surface area contributed by atoms with Crippen molar-refractivity contribution in [2.24, 2.45) is 5.92 Å². The lowest BCUT2D eigenvalue weighted by molar-refractivity contribution is -0.0177. The summed E-state index contributed by atoms with van der Waals surface area (Å²) < 4.78 is 0. The van der Waals surface area contributed by atoms with Gasteiger partial charge in [-0.1, -0.05) is 20.8 Å². The Balaban J connectivity index is 2.43. The molecule has 2 unspecified atom stereocenters. The Morgan fingerprint density at radius 3 is 2.71 bits per heavy atom. The highest BCUT2D eigenvalue weighted by Crippen LogP contribution is 2.22. The molecule has 84 valence electrons. The fraction of sp³-hybridized carbons (Fsp3) is 1.00.